The summed E-state index contributed by atoms with van der Waals surface area (Å²) in [6.45, 7) is 0.234. The van der Waals surface area contributed by atoms with E-state index in [1.165, 1.54) is 25.3 Å². The number of carbonyl (C=O) groups is 1. The zero-order valence-corrected chi connectivity index (χ0v) is 16.2. The molecule has 0 aromatic heterocycles. The van der Waals surface area contributed by atoms with E-state index in [0.717, 1.165) is 11.3 Å². The predicted molar refractivity (Wildman–Crippen MR) is 97.4 cm³/mol. The van der Waals surface area contributed by atoms with Crippen LogP contribution in [0.3, 0.4) is 0 Å². The highest BCUT2D eigenvalue weighted by Gasteiger charge is 2.18. The third kappa shape index (κ3) is 5.04. The molecule has 0 aliphatic heterocycles. The maximum atomic E-state index is 12.4. The molecule has 0 fully saturated rings. The largest absolute Gasteiger partial charge is 0.497 e. The number of hydrogen-bond acceptors (Lipinski definition) is 5. The summed E-state index contributed by atoms with van der Waals surface area (Å²) < 4.78 is 37.5. The Kier molecular flexibility index (Phi) is 6.57. The number of halogens is 1. The van der Waals surface area contributed by atoms with E-state index in [0.29, 0.717) is 10.9 Å². The molecule has 0 amide bonds. The molecular weight excluding hydrogens is 410 g/mol. The second kappa shape index (κ2) is 8.46. The molecular formula is C17H18BrNO5S. The van der Waals surface area contributed by atoms with Crippen molar-refractivity contribution in [2.24, 2.45) is 0 Å². The molecule has 0 radical (unpaired) electrons. The summed E-state index contributed by atoms with van der Waals surface area (Å²) in [4.78, 5) is 11.7. The fraction of sp³-hybridized carbons (Fsp3) is 0.235. The van der Waals surface area contributed by atoms with Crippen molar-refractivity contribution < 1.29 is 22.7 Å². The molecule has 1 N–H and O–H groups in total. The second-order valence-electron chi connectivity index (χ2n) is 5.13. The number of benzene rings is 2. The number of carbonyl (C=O) groups excluding carboxylic acids is 1. The van der Waals surface area contributed by atoms with Gasteiger partial charge in [0.15, 0.2) is 0 Å². The molecule has 6 nitrogen and oxygen atoms in total. The van der Waals surface area contributed by atoms with Crippen LogP contribution in [-0.4, -0.2) is 35.2 Å². The second-order valence-corrected chi connectivity index (χ2v) is 7.75. The maximum absolute atomic E-state index is 12.4. The fourth-order valence-corrected chi connectivity index (χ4v) is 3.61. The van der Waals surface area contributed by atoms with Crippen LogP contribution in [0.1, 0.15) is 15.9 Å². The molecule has 0 spiro atoms. The molecule has 0 saturated carbocycles. The van der Waals surface area contributed by atoms with Crippen LogP contribution in [0.5, 0.6) is 5.75 Å². The molecule has 8 heteroatoms. The van der Waals surface area contributed by atoms with Gasteiger partial charge >= 0.3 is 5.97 Å². The summed E-state index contributed by atoms with van der Waals surface area (Å²) in [5, 5.41) is 0. The van der Waals surface area contributed by atoms with Crippen LogP contribution < -0.4 is 9.46 Å². The SMILES string of the molecule is COC(=O)c1cc(S(=O)(=O)NCCc2ccc(OC)cc2)ccc1Br. The van der Waals surface area contributed by atoms with E-state index in [1.54, 1.807) is 7.11 Å². The molecule has 2 rings (SSSR count). The summed E-state index contributed by atoms with van der Waals surface area (Å²) in [6.07, 6.45) is 0.531. The lowest BCUT2D eigenvalue weighted by Crippen LogP contribution is -2.26. The van der Waals surface area contributed by atoms with Crippen molar-refractivity contribution in [1.82, 2.24) is 4.72 Å². The number of hydrogen-bond donors (Lipinski definition) is 1. The molecule has 0 aliphatic rings. The molecule has 0 bridgehead atoms. The Morgan fingerprint density at radius 3 is 2.40 bits per heavy atom. The predicted octanol–water partition coefficient (Wildman–Crippen LogP) is 2.77. The molecule has 0 saturated heterocycles. The van der Waals surface area contributed by atoms with Crippen LogP contribution in [0.2, 0.25) is 0 Å². The van der Waals surface area contributed by atoms with E-state index in [9.17, 15) is 13.2 Å². The first kappa shape index (κ1) is 19.4. The van der Waals surface area contributed by atoms with Gasteiger partial charge in [-0.25, -0.2) is 17.9 Å². The van der Waals surface area contributed by atoms with Gasteiger partial charge in [-0.05, 0) is 58.2 Å². The lowest BCUT2D eigenvalue weighted by Gasteiger charge is -2.09. The molecule has 0 atom stereocenters. The van der Waals surface area contributed by atoms with E-state index in [-0.39, 0.29) is 17.0 Å². The highest BCUT2D eigenvalue weighted by molar-refractivity contribution is 9.10. The third-order valence-electron chi connectivity index (χ3n) is 3.52. The van der Waals surface area contributed by atoms with E-state index in [1.807, 2.05) is 24.3 Å². The minimum atomic E-state index is -3.73. The molecule has 0 heterocycles. The lowest BCUT2D eigenvalue weighted by molar-refractivity contribution is 0.0599. The number of methoxy groups -OCH3 is 2. The highest BCUT2D eigenvalue weighted by Crippen LogP contribution is 2.22. The molecule has 0 aliphatic carbocycles. The number of nitrogens with one attached hydrogen (secondary N) is 1. The monoisotopic (exact) mass is 427 g/mol. The normalized spacial score (nSPS) is 11.2. The summed E-state index contributed by atoms with van der Waals surface area (Å²) in [6, 6.07) is 11.6. The van der Waals surface area contributed by atoms with Gasteiger partial charge in [0.25, 0.3) is 0 Å². The van der Waals surface area contributed by atoms with Crippen LogP contribution in [0.15, 0.2) is 51.8 Å². The minimum absolute atomic E-state index is 0.00540. The number of esters is 1. The number of ether oxygens (including phenoxy) is 2. The Labute approximate surface area is 155 Å². The van der Waals surface area contributed by atoms with Gasteiger partial charge in [0.1, 0.15) is 5.75 Å². The number of sulfonamides is 1. The topological polar surface area (TPSA) is 81.7 Å². The van der Waals surface area contributed by atoms with Crippen molar-refractivity contribution in [3.05, 3.63) is 58.1 Å². The van der Waals surface area contributed by atoms with E-state index in [4.69, 9.17) is 4.74 Å². The zero-order chi connectivity index (χ0) is 18.4. The van der Waals surface area contributed by atoms with Crippen molar-refractivity contribution in [2.45, 2.75) is 11.3 Å². The van der Waals surface area contributed by atoms with Crippen LogP contribution in [0, 0.1) is 0 Å². The van der Waals surface area contributed by atoms with Gasteiger partial charge in [0.05, 0.1) is 24.7 Å². The van der Waals surface area contributed by atoms with Crippen molar-refractivity contribution in [1.29, 1.82) is 0 Å². The van der Waals surface area contributed by atoms with Gasteiger partial charge in [-0.2, -0.15) is 0 Å². The van der Waals surface area contributed by atoms with Gasteiger partial charge in [0, 0.05) is 11.0 Å². The Balaban J connectivity index is 2.07. The summed E-state index contributed by atoms with van der Waals surface area (Å²) >= 11 is 3.21. The minimum Gasteiger partial charge on any atom is -0.497 e. The molecule has 134 valence electrons. The average Bonchev–Trinajstić information content (AvgIpc) is 2.61. The Bertz CT molecular complexity index is 850. The van der Waals surface area contributed by atoms with Crippen molar-refractivity contribution in [2.75, 3.05) is 20.8 Å². The van der Waals surface area contributed by atoms with E-state index < -0.39 is 16.0 Å². The molecule has 2 aromatic rings. The quantitative estimate of drug-likeness (QED) is 0.686. The van der Waals surface area contributed by atoms with Crippen molar-refractivity contribution in [3.8, 4) is 5.75 Å². The zero-order valence-electron chi connectivity index (χ0n) is 13.8. The van der Waals surface area contributed by atoms with Gasteiger partial charge in [0.2, 0.25) is 10.0 Å². The van der Waals surface area contributed by atoms with Gasteiger partial charge in [-0.15, -0.1) is 0 Å². The van der Waals surface area contributed by atoms with Gasteiger partial charge < -0.3 is 9.47 Å². The van der Waals surface area contributed by atoms with E-state index >= 15 is 0 Å². The smallest absolute Gasteiger partial charge is 0.339 e. The molecule has 2 aromatic carbocycles. The summed E-state index contributed by atoms with van der Waals surface area (Å²) in [5.74, 6) is 0.136. The standard InChI is InChI=1S/C17H18BrNO5S/c1-23-13-5-3-12(4-6-13)9-10-19-25(21,22)14-7-8-16(18)15(11-14)17(20)24-2/h3-8,11,19H,9-10H2,1-2H3. The first-order chi connectivity index (χ1) is 11.9. The van der Waals surface area contributed by atoms with Crippen LogP contribution in [0.25, 0.3) is 0 Å². The summed E-state index contributed by atoms with van der Waals surface area (Å²) in [7, 11) is -0.901. The van der Waals surface area contributed by atoms with Crippen molar-refractivity contribution >= 4 is 31.9 Å². The highest BCUT2D eigenvalue weighted by atomic mass is 79.9. The average molecular weight is 428 g/mol. The maximum Gasteiger partial charge on any atom is 0.339 e. The first-order valence-corrected chi connectivity index (χ1v) is 9.65. The summed E-state index contributed by atoms with van der Waals surface area (Å²) in [5.41, 5.74) is 1.13. The number of rotatable bonds is 7. The Morgan fingerprint density at radius 1 is 1.12 bits per heavy atom. The lowest BCUT2D eigenvalue weighted by atomic mass is 10.1. The third-order valence-corrected chi connectivity index (χ3v) is 5.67. The fourth-order valence-electron chi connectivity index (χ4n) is 2.14. The Morgan fingerprint density at radius 2 is 1.80 bits per heavy atom. The Hall–Kier alpha value is -1.90. The molecule has 25 heavy (non-hydrogen) atoms. The van der Waals surface area contributed by atoms with Gasteiger partial charge in [-0.1, -0.05) is 12.1 Å². The first-order valence-electron chi connectivity index (χ1n) is 7.38. The van der Waals surface area contributed by atoms with Crippen LogP contribution >= 0.6 is 15.9 Å². The van der Waals surface area contributed by atoms with Crippen LogP contribution in [0.4, 0.5) is 0 Å². The van der Waals surface area contributed by atoms with Crippen LogP contribution in [-0.2, 0) is 21.2 Å². The van der Waals surface area contributed by atoms with Gasteiger partial charge in [-0.3, -0.25) is 0 Å². The van der Waals surface area contributed by atoms with Crippen molar-refractivity contribution in [3.63, 3.8) is 0 Å². The molecule has 0 unspecified atom stereocenters. The van der Waals surface area contributed by atoms with E-state index in [2.05, 4.69) is 25.4 Å².